The van der Waals surface area contributed by atoms with Crippen molar-refractivity contribution in [1.82, 2.24) is 10.2 Å². The number of hydrogen-bond acceptors (Lipinski definition) is 3. The smallest absolute Gasteiger partial charge is 0.261 e. The first-order chi connectivity index (χ1) is 13.7. The molecule has 156 valence electrons. The van der Waals surface area contributed by atoms with Crippen LogP contribution in [0.3, 0.4) is 0 Å². The van der Waals surface area contributed by atoms with E-state index in [2.05, 4.69) is 5.32 Å². The fourth-order valence-electron chi connectivity index (χ4n) is 3.18. The average molecular weight is 397 g/mol. The second-order valence-corrected chi connectivity index (χ2v) is 7.91. The van der Waals surface area contributed by atoms with Gasteiger partial charge in [-0.25, -0.2) is 0 Å². The van der Waals surface area contributed by atoms with E-state index in [9.17, 15) is 9.59 Å². The summed E-state index contributed by atoms with van der Waals surface area (Å²) in [4.78, 5) is 27.2. The van der Waals surface area contributed by atoms with Crippen molar-refractivity contribution in [3.63, 3.8) is 0 Å². The molecule has 2 amide bonds. The molecular formula is C24H32N2O3. The second kappa shape index (κ2) is 10.1. The Morgan fingerprint density at radius 1 is 1.00 bits per heavy atom. The highest BCUT2D eigenvalue weighted by atomic mass is 16.5. The number of carbonyl (C=O) groups excluding carboxylic acids is 2. The molecule has 0 aliphatic heterocycles. The van der Waals surface area contributed by atoms with Gasteiger partial charge in [0, 0.05) is 12.6 Å². The summed E-state index contributed by atoms with van der Waals surface area (Å²) in [5.74, 6) is 0.282. The molecule has 0 aliphatic carbocycles. The van der Waals surface area contributed by atoms with E-state index in [0.29, 0.717) is 12.3 Å². The van der Waals surface area contributed by atoms with Gasteiger partial charge in [0.25, 0.3) is 5.91 Å². The molecule has 0 radical (unpaired) electrons. The first-order valence-electron chi connectivity index (χ1n) is 10.0. The molecule has 0 saturated carbocycles. The summed E-state index contributed by atoms with van der Waals surface area (Å²) in [6.07, 6.45) is 0. The molecule has 0 fully saturated rings. The molecule has 0 spiro atoms. The summed E-state index contributed by atoms with van der Waals surface area (Å²) in [5, 5.41) is 2.89. The Morgan fingerprint density at radius 2 is 1.69 bits per heavy atom. The predicted octanol–water partition coefficient (Wildman–Crippen LogP) is 3.93. The molecule has 2 rings (SSSR count). The van der Waals surface area contributed by atoms with Crippen molar-refractivity contribution in [3.05, 3.63) is 64.7 Å². The molecule has 0 unspecified atom stereocenters. The molecule has 0 aliphatic rings. The van der Waals surface area contributed by atoms with E-state index in [1.54, 1.807) is 11.8 Å². The number of ether oxygens (including phenoxy) is 1. The lowest BCUT2D eigenvalue weighted by Crippen LogP contribution is -2.50. The second-order valence-electron chi connectivity index (χ2n) is 7.91. The van der Waals surface area contributed by atoms with Crippen LogP contribution < -0.4 is 10.1 Å². The van der Waals surface area contributed by atoms with E-state index >= 15 is 0 Å². The Labute approximate surface area is 174 Å². The summed E-state index contributed by atoms with van der Waals surface area (Å²) in [6, 6.07) is 13.2. The van der Waals surface area contributed by atoms with E-state index in [1.165, 1.54) is 0 Å². The SMILES string of the molecule is Cc1cccc(CN(C(=O)COc2ccc(C)cc2C)[C@@H](C)C(=O)NC(C)C)c1. The number of amides is 2. The minimum absolute atomic E-state index is 0.00679. The Kier molecular flexibility index (Phi) is 7.82. The molecule has 5 heteroatoms. The van der Waals surface area contributed by atoms with E-state index in [4.69, 9.17) is 4.74 Å². The summed E-state index contributed by atoms with van der Waals surface area (Å²) in [7, 11) is 0. The van der Waals surface area contributed by atoms with E-state index < -0.39 is 6.04 Å². The first kappa shape index (κ1) is 22.5. The van der Waals surface area contributed by atoms with Gasteiger partial charge in [-0.05, 0) is 58.7 Å². The van der Waals surface area contributed by atoms with E-state index in [1.807, 2.05) is 77.1 Å². The molecule has 5 nitrogen and oxygen atoms in total. The van der Waals surface area contributed by atoms with Crippen molar-refractivity contribution < 1.29 is 14.3 Å². The largest absolute Gasteiger partial charge is 0.483 e. The van der Waals surface area contributed by atoms with Gasteiger partial charge in [0.05, 0.1) is 0 Å². The first-order valence-corrected chi connectivity index (χ1v) is 10.0. The van der Waals surface area contributed by atoms with Gasteiger partial charge in [0.1, 0.15) is 11.8 Å². The fraction of sp³-hybridized carbons (Fsp3) is 0.417. The number of rotatable bonds is 8. The average Bonchev–Trinajstić information content (AvgIpc) is 2.64. The zero-order chi connectivity index (χ0) is 21.6. The Hall–Kier alpha value is -2.82. The van der Waals surface area contributed by atoms with Crippen LogP contribution in [0.2, 0.25) is 0 Å². The van der Waals surface area contributed by atoms with Gasteiger partial charge in [-0.15, -0.1) is 0 Å². The van der Waals surface area contributed by atoms with Crippen LogP contribution >= 0.6 is 0 Å². The van der Waals surface area contributed by atoms with Crippen LogP contribution in [-0.2, 0) is 16.1 Å². The Bertz CT molecular complexity index is 861. The lowest BCUT2D eigenvalue weighted by Gasteiger charge is -2.29. The lowest BCUT2D eigenvalue weighted by atomic mass is 10.1. The third-order valence-electron chi connectivity index (χ3n) is 4.72. The molecule has 0 heterocycles. The molecular weight excluding hydrogens is 364 g/mol. The van der Waals surface area contributed by atoms with Crippen LogP contribution in [0.5, 0.6) is 5.75 Å². The van der Waals surface area contributed by atoms with Crippen LogP contribution in [0.15, 0.2) is 42.5 Å². The molecule has 2 aromatic rings. The van der Waals surface area contributed by atoms with Gasteiger partial charge in [-0.3, -0.25) is 9.59 Å². The van der Waals surface area contributed by atoms with Crippen LogP contribution in [0.4, 0.5) is 0 Å². The van der Waals surface area contributed by atoms with Gasteiger partial charge >= 0.3 is 0 Å². The van der Waals surface area contributed by atoms with Gasteiger partial charge in [-0.1, -0.05) is 47.5 Å². The Morgan fingerprint density at radius 3 is 2.31 bits per heavy atom. The quantitative estimate of drug-likeness (QED) is 0.735. The molecule has 1 N–H and O–H groups in total. The predicted molar refractivity (Wildman–Crippen MR) is 116 cm³/mol. The van der Waals surface area contributed by atoms with Gasteiger partial charge < -0.3 is 15.0 Å². The van der Waals surface area contributed by atoms with Crippen LogP contribution in [0.25, 0.3) is 0 Å². The lowest BCUT2D eigenvalue weighted by molar-refractivity contribution is -0.142. The van der Waals surface area contributed by atoms with Crippen molar-refractivity contribution in [3.8, 4) is 5.75 Å². The maximum absolute atomic E-state index is 13.0. The third-order valence-corrected chi connectivity index (χ3v) is 4.72. The fourth-order valence-corrected chi connectivity index (χ4v) is 3.18. The highest BCUT2D eigenvalue weighted by molar-refractivity contribution is 5.88. The van der Waals surface area contributed by atoms with Gasteiger partial charge in [0.2, 0.25) is 5.91 Å². The standard InChI is InChI=1S/C24H32N2O3/c1-16(2)25-24(28)20(6)26(14-21-9-7-8-17(3)13-21)23(27)15-29-22-11-10-18(4)12-19(22)5/h7-13,16,20H,14-15H2,1-6H3,(H,25,28)/t20-/m0/s1. The zero-order valence-corrected chi connectivity index (χ0v) is 18.3. The normalized spacial score (nSPS) is 11.8. The van der Waals surface area contributed by atoms with E-state index in [-0.39, 0.29) is 24.5 Å². The number of carbonyl (C=O) groups is 2. The van der Waals surface area contributed by atoms with Crippen molar-refractivity contribution >= 4 is 11.8 Å². The van der Waals surface area contributed by atoms with Crippen LogP contribution in [0.1, 0.15) is 43.0 Å². The number of aryl methyl sites for hydroxylation is 3. The van der Waals surface area contributed by atoms with Crippen molar-refractivity contribution in [1.29, 1.82) is 0 Å². The third kappa shape index (κ3) is 6.63. The number of nitrogens with one attached hydrogen (secondary N) is 1. The number of benzene rings is 2. The summed E-state index contributed by atoms with van der Waals surface area (Å²) in [6.45, 7) is 11.8. The molecule has 0 bridgehead atoms. The topological polar surface area (TPSA) is 58.6 Å². The van der Waals surface area contributed by atoms with Crippen LogP contribution in [0, 0.1) is 20.8 Å². The highest BCUT2D eigenvalue weighted by Gasteiger charge is 2.27. The molecule has 0 saturated heterocycles. The molecule has 0 aromatic heterocycles. The van der Waals surface area contributed by atoms with E-state index in [0.717, 1.165) is 22.3 Å². The zero-order valence-electron chi connectivity index (χ0n) is 18.3. The number of hydrogen-bond donors (Lipinski definition) is 1. The Balaban J connectivity index is 2.17. The summed E-state index contributed by atoms with van der Waals surface area (Å²) >= 11 is 0. The maximum Gasteiger partial charge on any atom is 0.261 e. The van der Waals surface area contributed by atoms with Crippen LogP contribution in [-0.4, -0.2) is 35.4 Å². The van der Waals surface area contributed by atoms with Crippen molar-refractivity contribution in [2.45, 2.75) is 60.2 Å². The maximum atomic E-state index is 13.0. The highest BCUT2D eigenvalue weighted by Crippen LogP contribution is 2.19. The van der Waals surface area contributed by atoms with Crippen molar-refractivity contribution in [2.75, 3.05) is 6.61 Å². The summed E-state index contributed by atoms with van der Waals surface area (Å²) in [5.41, 5.74) is 4.21. The monoisotopic (exact) mass is 396 g/mol. The molecule has 29 heavy (non-hydrogen) atoms. The van der Waals surface area contributed by atoms with Crippen molar-refractivity contribution in [2.24, 2.45) is 0 Å². The minimum atomic E-state index is -0.604. The van der Waals surface area contributed by atoms with Gasteiger partial charge in [0.15, 0.2) is 6.61 Å². The molecule has 1 atom stereocenters. The number of nitrogens with zero attached hydrogens (tertiary/aromatic N) is 1. The summed E-state index contributed by atoms with van der Waals surface area (Å²) < 4.78 is 5.78. The molecule has 2 aromatic carbocycles. The van der Waals surface area contributed by atoms with Gasteiger partial charge in [-0.2, -0.15) is 0 Å². The minimum Gasteiger partial charge on any atom is -0.483 e.